The number of nitrogens with zero attached hydrogens (tertiary/aromatic N) is 1. The first-order valence-electron chi connectivity index (χ1n) is 5.14. The van der Waals surface area contributed by atoms with Crippen molar-refractivity contribution in [2.45, 2.75) is 17.7 Å². The molecule has 0 amide bonds. The summed E-state index contributed by atoms with van der Waals surface area (Å²) in [6, 6.07) is 1.49. The number of hydrogen-bond acceptors (Lipinski definition) is 4. The first-order chi connectivity index (χ1) is 7.98. The predicted molar refractivity (Wildman–Crippen MR) is 61.9 cm³/mol. The standard InChI is InChI=1S/C10H16N2O4S/c1-12(7-3-4-10(13)16-2)17(14,15)9-5-6-11-8-9/h5-6,8,11H,3-4,7H2,1-2H3. The Bertz CT molecular complexity index is 453. The van der Waals surface area contributed by atoms with Crippen molar-refractivity contribution in [2.75, 3.05) is 20.7 Å². The number of nitrogens with one attached hydrogen (secondary N) is 1. The molecule has 1 aromatic rings. The molecule has 96 valence electrons. The number of H-pyrrole nitrogens is 1. The van der Waals surface area contributed by atoms with Gasteiger partial charge >= 0.3 is 5.97 Å². The van der Waals surface area contributed by atoms with Crippen LogP contribution in [0.2, 0.25) is 0 Å². The second kappa shape index (κ2) is 5.83. The van der Waals surface area contributed by atoms with E-state index in [0.29, 0.717) is 6.42 Å². The van der Waals surface area contributed by atoms with Crippen LogP contribution < -0.4 is 0 Å². The van der Waals surface area contributed by atoms with E-state index in [1.807, 2.05) is 0 Å². The van der Waals surface area contributed by atoms with Crippen molar-refractivity contribution in [3.05, 3.63) is 18.5 Å². The molecule has 1 aromatic heterocycles. The molecule has 0 aliphatic heterocycles. The number of aromatic nitrogens is 1. The second-order valence-electron chi connectivity index (χ2n) is 3.55. The Morgan fingerprint density at radius 1 is 1.53 bits per heavy atom. The number of hydrogen-bond donors (Lipinski definition) is 1. The van der Waals surface area contributed by atoms with Gasteiger partial charge in [-0.25, -0.2) is 12.7 Å². The average Bonchev–Trinajstić information content (AvgIpc) is 2.82. The molecule has 0 radical (unpaired) electrons. The van der Waals surface area contributed by atoms with Crippen LogP contribution in [0.4, 0.5) is 0 Å². The van der Waals surface area contributed by atoms with Crippen LogP contribution in [0, 0.1) is 0 Å². The molecule has 1 N–H and O–H groups in total. The molecule has 0 bridgehead atoms. The number of methoxy groups -OCH3 is 1. The van der Waals surface area contributed by atoms with Crippen LogP contribution in [0.1, 0.15) is 12.8 Å². The van der Waals surface area contributed by atoms with Crippen molar-refractivity contribution in [2.24, 2.45) is 0 Å². The first-order valence-corrected chi connectivity index (χ1v) is 6.58. The number of rotatable bonds is 6. The number of ether oxygens (including phenoxy) is 1. The third-order valence-corrected chi connectivity index (χ3v) is 4.21. The zero-order valence-electron chi connectivity index (χ0n) is 9.84. The van der Waals surface area contributed by atoms with Crippen LogP contribution in [-0.2, 0) is 19.6 Å². The zero-order chi connectivity index (χ0) is 12.9. The Hall–Kier alpha value is -1.34. The molecule has 6 nitrogen and oxygen atoms in total. The zero-order valence-corrected chi connectivity index (χ0v) is 10.7. The summed E-state index contributed by atoms with van der Waals surface area (Å²) in [5, 5.41) is 0. The van der Waals surface area contributed by atoms with Gasteiger partial charge < -0.3 is 9.72 Å². The molecule has 0 fully saturated rings. The van der Waals surface area contributed by atoms with E-state index in [1.54, 1.807) is 6.20 Å². The van der Waals surface area contributed by atoms with E-state index in [1.165, 1.54) is 30.7 Å². The lowest BCUT2D eigenvalue weighted by Gasteiger charge is -2.15. The maximum Gasteiger partial charge on any atom is 0.305 e. The van der Waals surface area contributed by atoms with Crippen molar-refractivity contribution in [3.8, 4) is 0 Å². The largest absolute Gasteiger partial charge is 0.469 e. The van der Waals surface area contributed by atoms with Gasteiger partial charge in [-0.05, 0) is 12.5 Å². The minimum atomic E-state index is -3.45. The second-order valence-corrected chi connectivity index (χ2v) is 5.60. The van der Waals surface area contributed by atoms with Crippen molar-refractivity contribution < 1.29 is 17.9 Å². The van der Waals surface area contributed by atoms with E-state index < -0.39 is 10.0 Å². The molecule has 0 aromatic carbocycles. The van der Waals surface area contributed by atoms with Crippen LogP contribution >= 0.6 is 0 Å². The van der Waals surface area contributed by atoms with Crippen molar-refractivity contribution >= 4 is 16.0 Å². The van der Waals surface area contributed by atoms with Gasteiger partial charge in [0, 0.05) is 32.4 Å². The van der Waals surface area contributed by atoms with E-state index in [-0.39, 0.29) is 23.8 Å². The molecule has 0 saturated heterocycles. The van der Waals surface area contributed by atoms with E-state index in [2.05, 4.69) is 9.72 Å². The molecular weight excluding hydrogens is 244 g/mol. The summed E-state index contributed by atoms with van der Waals surface area (Å²) < 4.78 is 29.6. The lowest BCUT2D eigenvalue weighted by atomic mass is 10.3. The van der Waals surface area contributed by atoms with Gasteiger partial charge in [0.25, 0.3) is 0 Å². The van der Waals surface area contributed by atoms with Crippen molar-refractivity contribution in [1.29, 1.82) is 0 Å². The minimum Gasteiger partial charge on any atom is -0.469 e. The smallest absolute Gasteiger partial charge is 0.305 e. The molecule has 0 atom stereocenters. The van der Waals surface area contributed by atoms with Gasteiger partial charge in [0.1, 0.15) is 0 Å². The van der Waals surface area contributed by atoms with Crippen LogP contribution in [-0.4, -0.2) is 44.4 Å². The summed E-state index contributed by atoms with van der Waals surface area (Å²) in [6.07, 6.45) is 3.62. The van der Waals surface area contributed by atoms with E-state index >= 15 is 0 Å². The molecule has 0 spiro atoms. The van der Waals surface area contributed by atoms with Gasteiger partial charge in [-0.2, -0.15) is 0 Å². The van der Waals surface area contributed by atoms with Crippen LogP contribution in [0.15, 0.2) is 23.4 Å². The number of sulfonamides is 1. The number of carbonyl (C=O) groups excluding carboxylic acids is 1. The number of carbonyl (C=O) groups is 1. The molecule has 0 aliphatic carbocycles. The molecule has 0 saturated carbocycles. The molecule has 1 rings (SSSR count). The highest BCUT2D eigenvalue weighted by Gasteiger charge is 2.20. The summed E-state index contributed by atoms with van der Waals surface area (Å²) in [5.74, 6) is -0.336. The molecular formula is C10H16N2O4S. The number of esters is 1. The summed E-state index contributed by atoms with van der Waals surface area (Å²) in [4.78, 5) is 13.8. The summed E-state index contributed by atoms with van der Waals surface area (Å²) in [5.41, 5.74) is 0. The number of aromatic amines is 1. The molecule has 1 heterocycles. The van der Waals surface area contributed by atoms with E-state index in [9.17, 15) is 13.2 Å². The van der Waals surface area contributed by atoms with Crippen molar-refractivity contribution in [3.63, 3.8) is 0 Å². The topological polar surface area (TPSA) is 79.5 Å². The van der Waals surface area contributed by atoms with Crippen molar-refractivity contribution in [1.82, 2.24) is 9.29 Å². The van der Waals surface area contributed by atoms with Crippen LogP contribution in [0.3, 0.4) is 0 Å². The normalized spacial score (nSPS) is 11.7. The SMILES string of the molecule is COC(=O)CCCN(C)S(=O)(=O)c1cc[nH]c1. The van der Waals surface area contributed by atoms with Gasteiger partial charge in [0.05, 0.1) is 12.0 Å². The quantitative estimate of drug-likeness (QED) is 0.759. The highest BCUT2D eigenvalue weighted by molar-refractivity contribution is 7.89. The third-order valence-electron chi connectivity index (χ3n) is 2.36. The average molecular weight is 260 g/mol. The van der Waals surface area contributed by atoms with Gasteiger partial charge in [-0.15, -0.1) is 0 Å². The maximum atomic E-state index is 11.9. The highest BCUT2D eigenvalue weighted by Crippen LogP contribution is 2.13. The van der Waals surface area contributed by atoms with Gasteiger partial charge in [-0.3, -0.25) is 4.79 Å². The Morgan fingerprint density at radius 2 is 2.24 bits per heavy atom. The van der Waals surface area contributed by atoms with Gasteiger partial charge in [0.15, 0.2) is 0 Å². The fourth-order valence-corrected chi connectivity index (χ4v) is 2.50. The summed E-state index contributed by atoms with van der Waals surface area (Å²) in [7, 11) is -0.656. The van der Waals surface area contributed by atoms with Crippen LogP contribution in [0.25, 0.3) is 0 Å². The Labute approximate surface area is 101 Å². The van der Waals surface area contributed by atoms with Gasteiger partial charge in [0.2, 0.25) is 10.0 Å². The lowest BCUT2D eigenvalue weighted by Crippen LogP contribution is -2.28. The van der Waals surface area contributed by atoms with E-state index in [4.69, 9.17) is 0 Å². The molecule has 7 heteroatoms. The Morgan fingerprint density at radius 3 is 2.76 bits per heavy atom. The fourth-order valence-electron chi connectivity index (χ4n) is 1.32. The third kappa shape index (κ3) is 3.57. The van der Waals surface area contributed by atoms with Gasteiger partial charge in [-0.1, -0.05) is 0 Å². The molecule has 17 heavy (non-hydrogen) atoms. The predicted octanol–water partition coefficient (Wildman–Crippen LogP) is 0.588. The Balaban J connectivity index is 2.53. The summed E-state index contributed by atoms with van der Waals surface area (Å²) >= 11 is 0. The highest BCUT2D eigenvalue weighted by atomic mass is 32.2. The summed E-state index contributed by atoms with van der Waals surface area (Å²) in [6.45, 7) is 0.280. The Kier molecular flexibility index (Phi) is 4.71. The minimum absolute atomic E-state index is 0.212. The monoisotopic (exact) mass is 260 g/mol. The molecule has 0 unspecified atom stereocenters. The lowest BCUT2D eigenvalue weighted by molar-refractivity contribution is -0.140. The fraction of sp³-hybridized carbons (Fsp3) is 0.500. The molecule has 0 aliphatic rings. The van der Waals surface area contributed by atoms with E-state index in [0.717, 1.165) is 0 Å². The maximum absolute atomic E-state index is 11.9. The first kappa shape index (κ1) is 13.7. The van der Waals surface area contributed by atoms with Crippen LogP contribution in [0.5, 0.6) is 0 Å².